The van der Waals surface area contributed by atoms with Gasteiger partial charge in [-0.3, -0.25) is 4.90 Å². The molecule has 2 rings (SSSR count). The lowest BCUT2D eigenvalue weighted by molar-refractivity contribution is -0.00739. The summed E-state index contributed by atoms with van der Waals surface area (Å²) in [6, 6.07) is 6.42. The first-order chi connectivity index (χ1) is 9.20. The fourth-order valence-electron chi connectivity index (χ4n) is 2.64. The van der Waals surface area contributed by atoms with Crippen molar-refractivity contribution in [3.05, 3.63) is 35.6 Å². The first kappa shape index (κ1) is 14.4. The molecule has 1 aromatic carbocycles. The molecule has 2 unspecified atom stereocenters. The maximum Gasteiger partial charge on any atom is 0.129 e. The number of piperidine rings is 1. The minimum Gasteiger partial charge on any atom is -0.387 e. The monoisotopic (exact) mass is 267 g/mol. The minimum atomic E-state index is -0.776. The van der Waals surface area contributed by atoms with Gasteiger partial charge >= 0.3 is 0 Å². The Morgan fingerprint density at radius 2 is 2.26 bits per heavy atom. The van der Waals surface area contributed by atoms with E-state index in [9.17, 15) is 9.50 Å². The SMILES string of the molecule is CCOC1CCCN(CC(O)c2ccccc2F)C1. The zero-order valence-electron chi connectivity index (χ0n) is 11.4. The number of likely N-dealkylation sites (tertiary alicyclic amines) is 1. The highest BCUT2D eigenvalue weighted by Gasteiger charge is 2.23. The maximum atomic E-state index is 13.6. The zero-order chi connectivity index (χ0) is 13.7. The number of aliphatic hydroxyl groups is 1. The van der Waals surface area contributed by atoms with E-state index in [2.05, 4.69) is 4.90 Å². The molecule has 1 saturated heterocycles. The summed E-state index contributed by atoms with van der Waals surface area (Å²) in [5.41, 5.74) is 0.376. The van der Waals surface area contributed by atoms with Crippen molar-refractivity contribution in [3.8, 4) is 0 Å². The fraction of sp³-hybridized carbons (Fsp3) is 0.600. The summed E-state index contributed by atoms with van der Waals surface area (Å²) in [5.74, 6) is -0.339. The number of nitrogens with zero attached hydrogens (tertiary/aromatic N) is 1. The van der Waals surface area contributed by atoms with Crippen LogP contribution in [-0.2, 0) is 4.74 Å². The van der Waals surface area contributed by atoms with Crippen LogP contribution in [0.3, 0.4) is 0 Å². The van der Waals surface area contributed by atoms with E-state index in [0.29, 0.717) is 18.7 Å². The number of aliphatic hydroxyl groups excluding tert-OH is 1. The Hall–Kier alpha value is -0.970. The molecule has 0 radical (unpaired) electrons. The van der Waals surface area contributed by atoms with Gasteiger partial charge in [0.2, 0.25) is 0 Å². The van der Waals surface area contributed by atoms with E-state index in [0.717, 1.165) is 25.9 Å². The van der Waals surface area contributed by atoms with Gasteiger partial charge in [-0.1, -0.05) is 18.2 Å². The van der Waals surface area contributed by atoms with Gasteiger partial charge in [0.1, 0.15) is 5.82 Å². The van der Waals surface area contributed by atoms with Crippen molar-refractivity contribution in [1.29, 1.82) is 0 Å². The van der Waals surface area contributed by atoms with Gasteiger partial charge in [-0.25, -0.2) is 4.39 Å². The van der Waals surface area contributed by atoms with Crippen LogP contribution in [0.2, 0.25) is 0 Å². The lowest BCUT2D eigenvalue weighted by atomic mass is 10.0. The molecule has 1 fully saturated rings. The van der Waals surface area contributed by atoms with E-state index >= 15 is 0 Å². The molecule has 0 bridgehead atoms. The van der Waals surface area contributed by atoms with Crippen LogP contribution in [0.4, 0.5) is 4.39 Å². The van der Waals surface area contributed by atoms with Crippen molar-refractivity contribution >= 4 is 0 Å². The van der Waals surface area contributed by atoms with Gasteiger partial charge in [0.15, 0.2) is 0 Å². The molecule has 106 valence electrons. The van der Waals surface area contributed by atoms with E-state index in [4.69, 9.17) is 4.74 Å². The van der Waals surface area contributed by atoms with E-state index < -0.39 is 6.10 Å². The third-order valence-electron chi connectivity index (χ3n) is 3.56. The average molecular weight is 267 g/mol. The second kappa shape index (κ2) is 6.98. The first-order valence-electron chi connectivity index (χ1n) is 6.97. The molecule has 1 aromatic rings. The zero-order valence-corrected chi connectivity index (χ0v) is 11.4. The number of ether oxygens (including phenoxy) is 1. The van der Waals surface area contributed by atoms with Gasteiger partial charge in [0.05, 0.1) is 12.2 Å². The Morgan fingerprint density at radius 1 is 1.47 bits per heavy atom. The third kappa shape index (κ3) is 4.00. The molecule has 3 nitrogen and oxygen atoms in total. The highest BCUT2D eigenvalue weighted by Crippen LogP contribution is 2.20. The summed E-state index contributed by atoms with van der Waals surface area (Å²) in [6.07, 6.45) is 1.60. The Kier molecular flexibility index (Phi) is 5.31. The Bertz CT molecular complexity index is 397. The van der Waals surface area contributed by atoms with Crippen LogP contribution in [0.5, 0.6) is 0 Å². The number of hydrogen-bond donors (Lipinski definition) is 1. The van der Waals surface area contributed by atoms with Crippen LogP contribution in [0.15, 0.2) is 24.3 Å². The summed E-state index contributed by atoms with van der Waals surface area (Å²) in [7, 11) is 0. The molecule has 1 aliphatic rings. The van der Waals surface area contributed by atoms with Crippen LogP contribution in [0, 0.1) is 5.82 Å². The number of rotatable bonds is 5. The normalized spacial score (nSPS) is 22.4. The Morgan fingerprint density at radius 3 is 3.00 bits per heavy atom. The number of halogens is 1. The highest BCUT2D eigenvalue weighted by molar-refractivity contribution is 5.20. The summed E-state index contributed by atoms with van der Waals surface area (Å²) < 4.78 is 19.2. The van der Waals surface area contributed by atoms with Gasteiger partial charge in [-0.2, -0.15) is 0 Å². The van der Waals surface area contributed by atoms with Gasteiger partial charge in [0.25, 0.3) is 0 Å². The summed E-state index contributed by atoms with van der Waals surface area (Å²) in [6.45, 7) is 4.93. The summed E-state index contributed by atoms with van der Waals surface area (Å²) in [5, 5.41) is 10.1. The molecule has 1 aliphatic heterocycles. The molecule has 0 amide bonds. The van der Waals surface area contributed by atoms with E-state index in [1.54, 1.807) is 18.2 Å². The van der Waals surface area contributed by atoms with Gasteiger partial charge < -0.3 is 9.84 Å². The summed E-state index contributed by atoms with van der Waals surface area (Å²) >= 11 is 0. The fourth-order valence-corrected chi connectivity index (χ4v) is 2.64. The van der Waals surface area contributed by atoms with Crippen molar-refractivity contribution in [3.63, 3.8) is 0 Å². The third-order valence-corrected chi connectivity index (χ3v) is 3.56. The number of β-amino-alcohol motifs (C(OH)–C–C–N with tert-alkyl or cyclic N) is 1. The number of benzene rings is 1. The summed E-state index contributed by atoms with van der Waals surface area (Å²) in [4.78, 5) is 2.15. The second-order valence-corrected chi connectivity index (χ2v) is 5.02. The molecule has 0 saturated carbocycles. The Balaban J connectivity index is 1.91. The van der Waals surface area contributed by atoms with E-state index in [1.165, 1.54) is 6.07 Å². The molecule has 2 atom stereocenters. The molecule has 0 aromatic heterocycles. The van der Waals surface area contributed by atoms with Crippen molar-refractivity contribution in [2.75, 3.05) is 26.2 Å². The van der Waals surface area contributed by atoms with Crippen molar-refractivity contribution in [1.82, 2.24) is 4.90 Å². The van der Waals surface area contributed by atoms with Gasteiger partial charge in [-0.05, 0) is 32.4 Å². The smallest absolute Gasteiger partial charge is 0.129 e. The predicted octanol–water partition coefficient (Wildman–Crippen LogP) is 2.36. The second-order valence-electron chi connectivity index (χ2n) is 5.02. The average Bonchev–Trinajstić information content (AvgIpc) is 2.40. The first-order valence-corrected chi connectivity index (χ1v) is 6.97. The van der Waals surface area contributed by atoms with Crippen LogP contribution in [-0.4, -0.2) is 42.4 Å². The lowest BCUT2D eigenvalue weighted by Gasteiger charge is -2.33. The molecule has 0 aliphatic carbocycles. The van der Waals surface area contributed by atoms with Gasteiger partial charge in [-0.15, -0.1) is 0 Å². The Labute approximate surface area is 114 Å². The molecule has 19 heavy (non-hydrogen) atoms. The van der Waals surface area contributed by atoms with E-state index in [1.807, 2.05) is 6.92 Å². The van der Waals surface area contributed by atoms with Crippen molar-refractivity contribution < 1.29 is 14.2 Å². The highest BCUT2D eigenvalue weighted by atomic mass is 19.1. The molecule has 0 spiro atoms. The van der Waals surface area contributed by atoms with Crippen LogP contribution < -0.4 is 0 Å². The van der Waals surface area contributed by atoms with Crippen molar-refractivity contribution in [2.45, 2.75) is 32.0 Å². The predicted molar refractivity (Wildman–Crippen MR) is 72.4 cm³/mol. The topological polar surface area (TPSA) is 32.7 Å². The molecule has 1 N–H and O–H groups in total. The van der Waals surface area contributed by atoms with E-state index in [-0.39, 0.29) is 11.9 Å². The molecular weight excluding hydrogens is 245 g/mol. The number of hydrogen-bond acceptors (Lipinski definition) is 3. The quantitative estimate of drug-likeness (QED) is 0.889. The molecule has 1 heterocycles. The largest absolute Gasteiger partial charge is 0.387 e. The van der Waals surface area contributed by atoms with Crippen LogP contribution in [0.1, 0.15) is 31.4 Å². The van der Waals surface area contributed by atoms with Crippen molar-refractivity contribution in [2.24, 2.45) is 0 Å². The lowest BCUT2D eigenvalue weighted by Crippen LogP contribution is -2.41. The maximum absolute atomic E-state index is 13.6. The van der Waals surface area contributed by atoms with Crippen LogP contribution >= 0.6 is 0 Å². The van der Waals surface area contributed by atoms with Gasteiger partial charge in [0, 0.05) is 25.3 Å². The minimum absolute atomic E-state index is 0.242. The standard InChI is InChI=1S/C15H22FNO2/c1-2-19-12-6-5-9-17(10-12)11-15(18)13-7-3-4-8-14(13)16/h3-4,7-8,12,15,18H,2,5-6,9-11H2,1H3. The molecular formula is C15H22FNO2. The van der Waals surface area contributed by atoms with Crippen LogP contribution in [0.25, 0.3) is 0 Å². The molecule has 4 heteroatoms.